The van der Waals surface area contributed by atoms with Gasteiger partial charge in [0.05, 0.1) is 7.11 Å². The molecule has 1 aromatic heterocycles. The van der Waals surface area contributed by atoms with Crippen LogP contribution >= 0.6 is 0 Å². The van der Waals surface area contributed by atoms with E-state index in [1.165, 1.54) is 34.0 Å². The van der Waals surface area contributed by atoms with Crippen LogP contribution < -0.4 is 24.4 Å². The molecule has 11 nitrogen and oxygen atoms in total. The summed E-state index contributed by atoms with van der Waals surface area (Å²) in [5, 5.41) is 15.7. The van der Waals surface area contributed by atoms with E-state index in [0.717, 1.165) is 25.7 Å². The third-order valence-corrected chi connectivity index (χ3v) is 7.54. The predicted molar refractivity (Wildman–Crippen MR) is 154 cm³/mol. The number of ether oxygens (including phenoxy) is 3. The van der Waals surface area contributed by atoms with Gasteiger partial charge in [0.25, 0.3) is 5.91 Å². The fourth-order valence-electron chi connectivity index (χ4n) is 5.40. The van der Waals surface area contributed by atoms with Crippen LogP contribution in [0.1, 0.15) is 37.3 Å². The number of amides is 2. The zero-order chi connectivity index (χ0) is 29.8. The van der Waals surface area contributed by atoms with Crippen LogP contribution in [-0.2, 0) is 16.1 Å². The quantitative estimate of drug-likeness (QED) is 0.311. The van der Waals surface area contributed by atoms with Crippen LogP contribution in [0.5, 0.6) is 17.2 Å². The standard InChI is InChI=1S/C31H31FN6O5/c1-41-25-13-8-21(9-14-25)30-34-36-37(35-30)19-28(39)38(24-12-15-26-27(18-24)43-17-16-42-26)29(20-6-10-22(32)11-7-20)31(40)33-23-4-2-3-5-23/h6-15,18,23,29H,2-5,16-17,19H2,1H3,(H,33,40). The Morgan fingerprint density at radius 1 is 1.02 bits per heavy atom. The molecule has 1 unspecified atom stereocenters. The number of nitrogens with zero attached hydrogens (tertiary/aromatic N) is 5. The van der Waals surface area contributed by atoms with Crippen LogP contribution in [0, 0.1) is 5.82 Å². The number of hydrogen-bond acceptors (Lipinski definition) is 8. The largest absolute Gasteiger partial charge is 0.497 e. The predicted octanol–water partition coefficient (Wildman–Crippen LogP) is 4.09. The molecule has 0 spiro atoms. The summed E-state index contributed by atoms with van der Waals surface area (Å²) in [5.41, 5.74) is 1.55. The Morgan fingerprint density at radius 3 is 2.47 bits per heavy atom. The summed E-state index contributed by atoms with van der Waals surface area (Å²) in [7, 11) is 1.58. The highest BCUT2D eigenvalue weighted by molar-refractivity contribution is 6.01. The first-order valence-corrected chi connectivity index (χ1v) is 14.2. The molecule has 2 heterocycles. The van der Waals surface area contributed by atoms with Crippen molar-refractivity contribution >= 4 is 17.5 Å². The van der Waals surface area contributed by atoms with Gasteiger partial charge in [-0.1, -0.05) is 25.0 Å². The Balaban J connectivity index is 1.36. The van der Waals surface area contributed by atoms with Gasteiger partial charge in [0.15, 0.2) is 11.5 Å². The number of carbonyl (C=O) groups excluding carboxylic acids is 2. The van der Waals surface area contributed by atoms with E-state index in [2.05, 4.69) is 20.7 Å². The number of tetrazole rings is 1. The van der Waals surface area contributed by atoms with Crippen LogP contribution in [0.3, 0.4) is 0 Å². The van der Waals surface area contributed by atoms with Crippen molar-refractivity contribution in [3.63, 3.8) is 0 Å². The van der Waals surface area contributed by atoms with Gasteiger partial charge in [-0.15, -0.1) is 10.2 Å². The van der Waals surface area contributed by atoms with Crippen molar-refractivity contribution < 1.29 is 28.2 Å². The highest BCUT2D eigenvalue weighted by Gasteiger charge is 2.35. The molecule has 1 N–H and O–H groups in total. The van der Waals surface area contributed by atoms with Crippen LogP contribution in [0.4, 0.5) is 10.1 Å². The lowest BCUT2D eigenvalue weighted by molar-refractivity contribution is -0.127. The van der Waals surface area contributed by atoms with Crippen LogP contribution in [0.2, 0.25) is 0 Å². The second-order valence-electron chi connectivity index (χ2n) is 10.4. The number of anilines is 1. The highest BCUT2D eigenvalue weighted by Crippen LogP contribution is 2.37. The minimum atomic E-state index is -1.11. The van der Waals surface area contributed by atoms with Crippen LogP contribution in [-0.4, -0.2) is 58.4 Å². The molecule has 1 aliphatic carbocycles. The topological polar surface area (TPSA) is 121 Å². The smallest absolute Gasteiger partial charge is 0.251 e. The third-order valence-electron chi connectivity index (χ3n) is 7.54. The van der Waals surface area contributed by atoms with E-state index >= 15 is 0 Å². The maximum absolute atomic E-state index is 14.2. The van der Waals surface area contributed by atoms with Crippen molar-refractivity contribution in [3.8, 4) is 28.6 Å². The number of carbonyl (C=O) groups is 2. The normalized spacial score (nSPS) is 15.1. The lowest BCUT2D eigenvalue weighted by Gasteiger charge is -2.33. The first-order valence-electron chi connectivity index (χ1n) is 14.2. The van der Waals surface area contributed by atoms with Gasteiger partial charge in [-0.3, -0.25) is 14.5 Å². The molecule has 2 amide bonds. The number of halogens is 1. The van der Waals surface area contributed by atoms with E-state index in [1.54, 1.807) is 49.6 Å². The van der Waals surface area contributed by atoms with Crippen molar-refractivity contribution in [1.82, 2.24) is 25.5 Å². The SMILES string of the molecule is COc1ccc(-c2nnn(CC(=O)N(c3ccc4c(c3)OCCO4)C(C(=O)NC3CCCC3)c3ccc(F)cc3)n2)cc1. The van der Waals surface area contributed by atoms with E-state index in [4.69, 9.17) is 14.2 Å². The van der Waals surface area contributed by atoms with Gasteiger partial charge in [-0.05, 0) is 72.1 Å². The molecule has 0 bridgehead atoms. The Labute approximate surface area is 247 Å². The fourth-order valence-corrected chi connectivity index (χ4v) is 5.40. The number of benzene rings is 3. The summed E-state index contributed by atoms with van der Waals surface area (Å²) < 4.78 is 30.7. The third kappa shape index (κ3) is 6.27. The number of nitrogens with one attached hydrogen (secondary N) is 1. The average molecular weight is 587 g/mol. The molecule has 0 radical (unpaired) electrons. The van der Waals surface area contributed by atoms with Gasteiger partial charge in [0, 0.05) is 23.4 Å². The molecule has 2 aliphatic rings. The highest BCUT2D eigenvalue weighted by atomic mass is 19.1. The van der Waals surface area contributed by atoms with E-state index in [-0.39, 0.29) is 18.5 Å². The Hall–Kier alpha value is -5.00. The molecule has 6 rings (SSSR count). The molecule has 1 atom stereocenters. The molecule has 12 heteroatoms. The Morgan fingerprint density at radius 2 is 1.74 bits per heavy atom. The minimum absolute atomic E-state index is 0.00305. The molecule has 1 saturated carbocycles. The minimum Gasteiger partial charge on any atom is -0.497 e. The van der Waals surface area contributed by atoms with E-state index < -0.39 is 17.8 Å². The molecule has 4 aromatic rings. The molecular weight excluding hydrogens is 555 g/mol. The number of methoxy groups -OCH3 is 1. The lowest BCUT2D eigenvalue weighted by Crippen LogP contribution is -2.47. The van der Waals surface area contributed by atoms with Gasteiger partial charge in [-0.25, -0.2) is 4.39 Å². The Kier molecular flexibility index (Phi) is 8.16. The summed E-state index contributed by atoms with van der Waals surface area (Å²) >= 11 is 0. The fraction of sp³-hybridized carbons (Fsp3) is 0.323. The second-order valence-corrected chi connectivity index (χ2v) is 10.4. The summed E-state index contributed by atoms with van der Waals surface area (Å²) in [5.74, 6) is 0.709. The summed E-state index contributed by atoms with van der Waals surface area (Å²) in [6.45, 7) is 0.447. The molecule has 0 saturated heterocycles. The zero-order valence-corrected chi connectivity index (χ0v) is 23.6. The van der Waals surface area contributed by atoms with Crippen LogP contribution in [0.25, 0.3) is 11.4 Å². The molecule has 43 heavy (non-hydrogen) atoms. The van der Waals surface area contributed by atoms with Gasteiger partial charge in [-0.2, -0.15) is 4.80 Å². The van der Waals surface area contributed by atoms with Gasteiger partial charge in [0.2, 0.25) is 11.7 Å². The molecular formula is C31H31FN6O5. The summed E-state index contributed by atoms with van der Waals surface area (Å²) in [6.07, 6.45) is 3.75. The van der Waals surface area contributed by atoms with Gasteiger partial charge in [0.1, 0.15) is 37.4 Å². The van der Waals surface area contributed by atoms with E-state index in [1.807, 2.05) is 0 Å². The first-order chi connectivity index (χ1) is 21.0. The summed E-state index contributed by atoms with van der Waals surface area (Å²) in [4.78, 5) is 30.7. The van der Waals surface area contributed by atoms with Gasteiger partial charge >= 0.3 is 0 Å². The lowest BCUT2D eigenvalue weighted by atomic mass is 10.0. The monoisotopic (exact) mass is 586 g/mol. The summed E-state index contributed by atoms with van der Waals surface area (Å²) in [6, 6.07) is 16.7. The number of fused-ring (bicyclic) bond motifs is 1. The molecule has 222 valence electrons. The van der Waals surface area contributed by atoms with Crippen molar-refractivity contribution in [2.45, 2.75) is 44.3 Å². The molecule has 1 aliphatic heterocycles. The number of aromatic nitrogens is 4. The molecule has 1 fully saturated rings. The van der Waals surface area contributed by atoms with Gasteiger partial charge < -0.3 is 19.5 Å². The van der Waals surface area contributed by atoms with Crippen molar-refractivity contribution in [3.05, 3.63) is 78.1 Å². The zero-order valence-electron chi connectivity index (χ0n) is 23.6. The second kappa shape index (κ2) is 12.5. The maximum Gasteiger partial charge on any atom is 0.251 e. The first kappa shape index (κ1) is 28.1. The van der Waals surface area contributed by atoms with E-state index in [9.17, 15) is 14.0 Å². The van der Waals surface area contributed by atoms with Crippen LogP contribution in [0.15, 0.2) is 66.7 Å². The Bertz CT molecular complexity index is 1590. The number of rotatable bonds is 9. The van der Waals surface area contributed by atoms with Crippen molar-refractivity contribution in [2.75, 3.05) is 25.2 Å². The average Bonchev–Trinajstić information content (AvgIpc) is 3.72. The maximum atomic E-state index is 14.2. The molecule has 3 aromatic carbocycles. The van der Waals surface area contributed by atoms with E-state index in [0.29, 0.717) is 53.1 Å². The number of hydrogen-bond donors (Lipinski definition) is 1. The van der Waals surface area contributed by atoms with Crippen molar-refractivity contribution in [2.24, 2.45) is 0 Å². The van der Waals surface area contributed by atoms with Crippen molar-refractivity contribution in [1.29, 1.82) is 0 Å².